The van der Waals surface area contributed by atoms with Gasteiger partial charge in [0.25, 0.3) is 5.91 Å². The van der Waals surface area contributed by atoms with E-state index in [1.54, 1.807) is 0 Å². The second-order valence-electron chi connectivity index (χ2n) is 9.21. The highest BCUT2D eigenvalue weighted by Gasteiger charge is 2.54. The minimum atomic E-state index is -0.888. The largest absolute Gasteiger partial charge is 0.478 e. The van der Waals surface area contributed by atoms with Gasteiger partial charge in [-0.1, -0.05) is 18.2 Å². The van der Waals surface area contributed by atoms with Crippen LogP contribution in [0.2, 0.25) is 0 Å². The fraction of sp³-hybridized carbons (Fsp3) is 0.667. The van der Waals surface area contributed by atoms with Crippen LogP contribution in [-0.4, -0.2) is 23.1 Å². The molecule has 0 saturated heterocycles. The maximum atomic E-state index is 13.0. The number of carbonyl (C=O) groups is 1. The Morgan fingerprint density at radius 2 is 1.84 bits per heavy atom. The summed E-state index contributed by atoms with van der Waals surface area (Å²) in [6, 6.07) is 8.11. The van der Waals surface area contributed by atoms with Gasteiger partial charge in [-0.2, -0.15) is 0 Å². The maximum Gasteiger partial charge on any atom is 0.263 e. The highest BCUT2D eigenvalue weighted by molar-refractivity contribution is 5.85. The minimum absolute atomic E-state index is 0.0145. The van der Waals surface area contributed by atoms with Crippen LogP contribution in [0, 0.1) is 24.7 Å². The molecule has 4 heteroatoms. The molecule has 0 radical (unpaired) electrons. The maximum absolute atomic E-state index is 13.0. The third kappa shape index (κ3) is 3.05. The van der Waals surface area contributed by atoms with Crippen LogP contribution < -0.4 is 15.8 Å². The van der Waals surface area contributed by atoms with Crippen molar-refractivity contribution >= 4 is 5.91 Å². The Morgan fingerprint density at radius 1 is 1.20 bits per heavy atom. The summed E-state index contributed by atoms with van der Waals surface area (Å²) in [6.45, 7) is 5.71. The number of rotatable bonds is 4. The number of nitrogens with one attached hydrogen (secondary N) is 1. The fourth-order valence-corrected chi connectivity index (χ4v) is 5.64. The molecule has 4 nitrogen and oxygen atoms in total. The van der Waals surface area contributed by atoms with Gasteiger partial charge in [0.15, 0.2) is 5.60 Å². The molecule has 4 bridgehead atoms. The van der Waals surface area contributed by atoms with Crippen molar-refractivity contribution in [3.05, 3.63) is 29.8 Å². The molecule has 1 aromatic rings. The molecule has 1 aromatic carbocycles. The SMILES string of the molecule is Cc1ccccc1OC(C)(C)C(=O)N[C@H]1[C@@H]2CC3C[C@H]1C[C@](N)(C3)C2. The average molecular weight is 342 g/mol. The van der Waals surface area contributed by atoms with Crippen molar-refractivity contribution in [1.29, 1.82) is 0 Å². The average Bonchev–Trinajstić information content (AvgIpc) is 2.51. The first-order valence-corrected chi connectivity index (χ1v) is 9.60. The molecule has 5 atom stereocenters. The molecule has 4 fully saturated rings. The Morgan fingerprint density at radius 3 is 2.44 bits per heavy atom. The van der Waals surface area contributed by atoms with Gasteiger partial charge in [0.1, 0.15) is 5.75 Å². The topological polar surface area (TPSA) is 64.3 Å². The molecule has 0 heterocycles. The molecule has 136 valence electrons. The zero-order chi connectivity index (χ0) is 17.8. The lowest BCUT2D eigenvalue weighted by Gasteiger charge is -2.59. The Hall–Kier alpha value is -1.55. The molecule has 0 aliphatic heterocycles. The van der Waals surface area contributed by atoms with E-state index in [2.05, 4.69) is 5.32 Å². The number of para-hydroxylation sites is 1. The number of hydrogen-bond donors (Lipinski definition) is 2. The molecule has 1 amide bonds. The van der Waals surface area contributed by atoms with Crippen molar-refractivity contribution in [2.45, 2.75) is 70.1 Å². The minimum Gasteiger partial charge on any atom is -0.478 e. The van der Waals surface area contributed by atoms with E-state index in [4.69, 9.17) is 10.5 Å². The molecule has 0 aromatic heterocycles. The van der Waals surface area contributed by atoms with Gasteiger partial charge in [0.05, 0.1) is 0 Å². The van der Waals surface area contributed by atoms with Crippen LogP contribution in [0.1, 0.15) is 51.5 Å². The smallest absolute Gasteiger partial charge is 0.263 e. The molecule has 4 aliphatic rings. The zero-order valence-electron chi connectivity index (χ0n) is 15.5. The molecule has 5 rings (SSSR count). The van der Waals surface area contributed by atoms with E-state index in [9.17, 15) is 4.79 Å². The summed E-state index contributed by atoms with van der Waals surface area (Å²) in [7, 11) is 0. The fourth-order valence-electron chi connectivity index (χ4n) is 5.64. The second-order valence-corrected chi connectivity index (χ2v) is 9.21. The molecule has 1 unspecified atom stereocenters. The van der Waals surface area contributed by atoms with Crippen molar-refractivity contribution in [2.24, 2.45) is 23.5 Å². The van der Waals surface area contributed by atoms with E-state index in [1.165, 1.54) is 19.3 Å². The summed E-state index contributed by atoms with van der Waals surface area (Å²) in [4.78, 5) is 13.0. The lowest BCUT2D eigenvalue weighted by Crippen LogP contribution is -2.66. The first-order chi connectivity index (χ1) is 11.8. The molecule has 3 N–H and O–H groups in total. The van der Waals surface area contributed by atoms with E-state index in [-0.39, 0.29) is 17.5 Å². The van der Waals surface area contributed by atoms with Gasteiger partial charge in [0, 0.05) is 11.6 Å². The lowest BCUT2D eigenvalue weighted by atomic mass is 9.51. The molecule has 4 aliphatic carbocycles. The number of aryl methyl sites for hydroxylation is 1. The number of nitrogens with two attached hydrogens (primary N) is 1. The highest BCUT2D eigenvalue weighted by Crippen LogP contribution is 2.54. The lowest BCUT2D eigenvalue weighted by molar-refractivity contribution is -0.138. The van der Waals surface area contributed by atoms with Crippen LogP contribution in [0.15, 0.2) is 24.3 Å². The van der Waals surface area contributed by atoms with Gasteiger partial charge < -0.3 is 15.8 Å². The molecular weight excluding hydrogens is 312 g/mol. The Labute approximate surface area is 150 Å². The predicted octanol–water partition coefficient (Wildman–Crippen LogP) is 3.17. The standard InChI is InChI=1S/C21H30N2O2/c1-13-6-4-5-7-17(13)25-20(2,3)19(24)23-18-15-8-14-9-16(18)12-21(22,10-14)11-15/h4-7,14-16,18H,8-12,22H2,1-3H3,(H,23,24)/t14?,15-,16+,18+,21+. The van der Waals surface area contributed by atoms with E-state index in [0.717, 1.165) is 30.1 Å². The van der Waals surface area contributed by atoms with Crippen molar-refractivity contribution in [1.82, 2.24) is 5.32 Å². The van der Waals surface area contributed by atoms with Crippen LogP contribution >= 0.6 is 0 Å². The zero-order valence-corrected chi connectivity index (χ0v) is 15.5. The quantitative estimate of drug-likeness (QED) is 0.883. The van der Waals surface area contributed by atoms with E-state index >= 15 is 0 Å². The summed E-state index contributed by atoms with van der Waals surface area (Å²) in [5.74, 6) is 2.60. The summed E-state index contributed by atoms with van der Waals surface area (Å²) >= 11 is 0. The summed E-state index contributed by atoms with van der Waals surface area (Å²) in [6.07, 6.45) is 5.75. The number of amides is 1. The summed E-state index contributed by atoms with van der Waals surface area (Å²) in [5, 5.41) is 3.34. The first kappa shape index (κ1) is 16.9. The number of hydrogen-bond acceptors (Lipinski definition) is 3. The van der Waals surface area contributed by atoms with Gasteiger partial charge in [0.2, 0.25) is 0 Å². The van der Waals surface area contributed by atoms with E-state index in [0.29, 0.717) is 11.8 Å². The second kappa shape index (κ2) is 5.73. The molecular formula is C21H30N2O2. The van der Waals surface area contributed by atoms with Gasteiger partial charge in [-0.3, -0.25) is 4.79 Å². The van der Waals surface area contributed by atoms with Crippen molar-refractivity contribution in [3.63, 3.8) is 0 Å². The molecule has 25 heavy (non-hydrogen) atoms. The van der Waals surface area contributed by atoms with Gasteiger partial charge >= 0.3 is 0 Å². The molecule has 4 saturated carbocycles. The normalized spacial score (nSPS) is 36.3. The van der Waals surface area contributed by atoms with Gasteiger partial charge in [-0.05, 0) is 82.3 Å². The van der Waals surface area contributed by atoms with E-state index in [1.807, 2.05) is 45.0 Å². The third-order valence-corrected chi connectivity index (χ3v) is 6.62. The van der Waals surface area contributed by atoms with Gasteiger partial charge in [-0.25, -0.2) is 0 Å². The number of benzene rings is 1. The van der Waals surface area contributed by atoms with Crippen LogP contribution in [0.5, 0.6) is 5.75 Å². The van der Waals surface area contributed by atoms with Crippen molar-refractivity contribution < 1.29 is 9.53 Å². The monoisotopic (exact) mass is 342 g/mol. The first-order valence-electron chi connectivity index (χ1n) is 9.60. The Bertz CT molecular complexity index is 668. The van der Waals surface area contributed by atoms with Gasteiger partial charge in [-0.15, -0.1) is 0 Å². The Balaban J connectivity index is 1.46. The number of carbonyl (C=O) groups excluding carboxylic acids is 1. The van der Waals surface area contributed by atoms with Crippen LogP contribution in [0.4, 0.5) is 0 Å². The van der Waals surface area contributed by atoms with Crippen molar-refractivity contribution in [3.8, 4) is 5.75 Å². The highest BCUT2D eigenvalue weighted by atomic mass is 16.5. The third-order valence-electron chi connectivity index (χ3n) is 6.62. The summed E-state index contributed by atoms with van der Waals surface area (Å²) in [5.41, 5.74) is 6.77. The summed E-state index contributed by atoms with van der Waals surface area (Å²) < 4.78 is 6.07. The Kier molecular flexibility index (Phi) is 3.87. The van der Waals surface area contributed by atoms with Crippen LogP contribution in [0.25, 0.3) is 0 Å². The number of ether oxygens (including phenoxy) is 1. The molecule has 0 spiro atoms. The predicted molar refractivity (Wildman–Crippen MR) is 98.3 cm³/mol. The van der Waals surface area contributed by atoms with Crippen molar-refractivity contribution in [2.75, 3.05) is 0 Å². The van der Waals surface area contributed by atoms with Crippen LogP contribution in [0.3, 0.4) is 0 Å². The van der Waals surface area contributed by atoms with Crippen LogP contribution in [-0.2, 0) is 4.79 Å². The van der Waals surface area contributed by atoms with E-state index < -0.39 is 5.60 Å².